The van der Waals surface area contributed by atoms with Gasteiger partial charge in [-0.05, 0) is 19.3 Å². The van der Waals surface area contributed by atoms with Gasteiger partial charge in [0.1, 0.15) is 11.8 Å². The highest BCUT2D eigenvalue weighted by molar-refractivity contribution is 5.80. The van der Waals surface area contributed by atoms with Crippen LogP contribution >= 0.6 is 0 Å². The van der Waals surface area contributed by atoms with Crippen LogP contribution < -0.4 is 11.1 Å². The Balaban J connectivity index is 1.49. The lowest BCUT2D eigenvalue weighted by atomic mass is 9.72. The SMILES string of the molecule is Cn1cc(CN2C[C@@H](F)C[C@H]2CNC(=O)C2CC(F)(CN)C2)cn1. The lowest BCUT2D eigenvalue weighted by Gasteiger charge is -2.39. The highest BCUT2D eigenvalue weighted by Gasteiger charge is 2.47. The van der Waals surface area contributed by atoms with Crippen molar-refractivity contribution in [2.24, 2.45) is 18.7 Å². The van der Waals surface area contributed by atoms with Crippen LogP contribution in [-0.4, -0.2) is 58.1 Å². The van der Waals surface area contributed by atoms with E-state index in [2.05, 4.69) is 10.4 Å². The first-order valence-electron chi connectivity index (χ1n) is 8.41. The highest BCUT2D eigenvalue weighted by atomic mass is 19.1. The molecule has 1 aromatic heterocycles. The quantitative estimate of drug-likeness (QED) is 0.791. The third-order valence-corrected chi connectivity index (χ3v) is 5.09. The summed E-state index contributed by atoms with van der Waals surface area (Å²) in [7, 11) is 1.84. The molecule has 3 N–H and O–H groups in total. The molecule has 134 valence electrons. The van der Waals surface area contributed by atoms with E-state index in [1.165, 1.54) is 0 Å². The summed E-state index contributed by atoms with van der Waals surface area (Å²) < 4.78 is 29.3. The molecule has 1 amide bonds. The van der Waals surface area contributed by atoms with Gasteiger partial charge in [-0.2, -0.15) is 5.10 Å². The third-order valence-electron chi connectivity index (χ3n) is 5.09. The molecule has 2 atom stereocenters. The second kappa shape index (κ2) is 6.76. The lowest BCUT2D eigenvalue weighted by Crippen LogP contribution is -2.52. The van der Waals surface area contributed by atoms with Crippen molar-refractivity contribution >= 4 is 5.91 Å². The number of halogens is 2. The molecule has 2 fully saturated rings. The number of aryl methyl sites for hydroxylation is 1. The minimum absolute atomic E-state index is 0.0399. The average molecular weight is 341 g/mol. The van der Waals surface area contributed by atoms with E-state index >= 15 is 0 Å². The summed E-state index contributed by atoms with van der Waals surface area (Å²) in [6.07, 6.45) is 3.56. The summed E-state index contributed by atoms with van der Waals surface area (Å²) in [5, 5.41) is 6.98. The van der Waals surface area contributed by atoms with Crippen LogP contribution in [0.15, 0.2) is 12.4 Å². The number of alkyl halides is 2. The second-order valence-corrected chi connectivity index (χ2v) is 7.14. The largest absolute Gasteiger partial charge is 0.354 e. The molecular weight excluding hydrogens is 316 g/mol. The molecule has 8 heteroatoms. The van der Waals surface area contributed by atoms with Crippen molar-refractivity contribution in [3.8, 4) is 0 Å². The van der Waals surface area contributed by atoms with E-state index in [9.17, 15) is 13.6 Å². The maximum Gasteiger partial charge on any atom is 0.223 e. The van der Waals surface area contributed by atoms with Crippen molar-refractivity contribution in [3.05, 3.63) is 18.0 Å². The van der Waals surface area contributed by atoms with Crippen LogP contribution in [-0.2, 0) is 18.4 Å². The van der Waals surface area contributed by atoms with Gasteiger partial charge in [0, 0.05) is 56.9 Å². The van der Waals surface area contributed by atoms with E-state index in [0.29, 0.717) is 26.1 Å². The van der Waals surface area contributed by atoms with Crippen LogP contribution in [0.2, 0.25) is 0 Å². The molecule has 2 aliphatic rings. The normalized spacial score (nSPS) is 33.4. The molecular formula is C16H25F2N5O. The summed E-state index contributed by atoms with van der Waals surface area (Å²) in [5.41, 5.74) is 4.99. The van der Waals surface area contributed by atoms with Gasteiger partial charge in [-0.25, -0.2) is 8.78 Å². The molecule has 1 aromatic rings. The summed E-state index contributed by atoms with van der Waals surface area (Å²) in [6, 6.07) is -0.0473. The Morgan fingerprint density at radius 3 is 2.92 bits per heavy atom. The summed E-state index contributed by atoms with van der Waals surface area (Å²) in [6.45, 7) is 1.32. The Morgan fingerprint density at radius 2 is 2.29 bits per heavy atom. The number of nitrogens with one attached hydrogen (secondary N) is 1. The van der Waals surface area contributed by atoms with E-state index in [-0.39, 0.29) is 37.3 Å². The predicted molar refractivity (Wildman–Crippen MR) is 85.5 cm³/mol. The zero-order valence-corrected chi connectivity index (χ0v) is 13.9. The first-order chi connectivity index (χ1) is 11.4. The average Bonchev–Trinajstić information content (AvgIpc) is 3.07. The number of nitrogens with two attached hydrogens (primary N) is 1. The summed E-state index contributed by atoms with van der Waals surface area (Å²) >= 11 is 0. The number of likely N-dealkylation sites (tertiary alicyclic amines) is 1. The van der Waals surface area contributed by atoms with E-state index in [1.807, 2.05) is 18.1 Å². The van der Waals surface area contributed by atoms with Crippen LogP contribution in [0.3, 0.4) is 0 Å². The number of rotatable bonds is 6. The maximum atomic E-state index is 13.8. The number of hydrogen-bond donors (Lipinski definition) is 2. The van der Waals surface area contributed by atoms with Crippen LogP contribution in [0.4, 0.5) is 8.78 Å². The van der Waals surface area contributed by atoms with E-state index < -0.39 is 11.8 Å². The van der Waals surface area contributed by atoms with Crippen LogP contribution in [0, 0.1) is 5.92 Å². The minimum atomic E-state index is -1.38. The van der Waals surface area contributed by atoms with Crippen LogP contribution in [0.1, 0.15) is 24.8 Å². The van der Waals surface area contributed by atoms with Gasteiger partial charge in [0.25, 0.3) is 0 Å². The van der Waals surface area contributed by atoms with Crippen LogP contribution in [0.5, 0.6) is 0 Å². The van der Waals surface area contributed by atoms with Gasteiger partial charge in [0.05, 0.1) is 6.20 Å². The molecule has 1 saturated heterocycles. The van der Waals surface area contributed by atoms with Gasteiger partial charge in [-0.3, -0.25) is 14.4 Å². The van der Waals surface area contributed by atoms with Gasteiger partial charge in [0.15, 0.2) is 0 Å². The van der Waals surface area contributed by atoms with E-state index in [0.717, 1.165) is 5.56 Å². The fourth-order valence-electron chi connectivity index (χ4n) is 3.65. The maximum absolute atomic E-state index is 13.8. The first-order valence-corrected chi connectivity index (χ1v) is 8.41. The molecule has 24 heavy (non-hydrogen) atoms. The summed E-state index contributed by atoms with van der Waals surface area (Å²) in [4.78, 5) is 14.1. The van der Waals surface area contributed by atoms with Crippen molar-refractivity contribution in [3.63, 3.8) is 0 Å². The Morgan fingerprint density at radius 1 is 1.54 bits per heavy atom. The topological polar surface area (TPSA) is 76.2 Å². The van der Waals surface area contributed by atoms with Crippen LogP contribution in [0.25, 0.3) is 0 Å². The number of carbonyl (C=O) groups is 1. The van der Waals surface area contributed by atoms with Gasteiger partial charge < -0.3 is 11.1 Å². The van der Waals surface area contributed by atoms with Gasteiger partial charge in [-0.15, -0.1) is 0 Å². The monoisotopic (exact) mass is 341 g/mol. The minimum Gasteiger partial charge on any atom is -0.354 e. The molecule has 0 spiro atoms. The number of amides is 1. The standard InChI is InChI=1S/C16H25F2N5O/c1-22-7-11(5-21-22)8-23-9-13(17)2-14(23)6-20-15(24)12-3-16(18,4-12)10-19/h5,7,12-14H,2-4,6,8-10,19H2,1H3,(H,20,24)/t12?,13-,14-,16?/m0/s1. The van der Waals surface area contributed by atoms with Crippen molar-refractivity contribution in [2.75, 3.05) is 19.6 Å². The second-order valence-electron chi connectivity index (χ2n) is 7.14. The van der Waals surface area contributed by atoms with Gasteiger partial charge in [-0.1, -0.05) is 0 Å². The van der Waals surface area contributed by atoms with Crippen molar-refractivity contribution in [2.45, 2.75) is 43.7 Å². The molecule has 1 aliphatic carbocycles. The van der Waals surface area contributed by atoms with Crippen molar-refractivity contribution in [1.82, 2.24) is 20.0 Å². The zero-order chi connectivity index (χ0) is 17.3. The summed E-state index contributed by atoms with van der Waals surface area (Å²) in [5.74, 6) is -0.465. The molecule has 0 bridgehead atoms. The van der Waals surface area contributed by atoms with Crippen molar-refractivity contribution < 1.29 is 13.6 Å². The number of aromatic nitrogens is 2. The van der Waals surface area contributed by atoms with Gasteiger partial charge in [0.2, 0.25) is 5.91 Å². The highest BCUT2D eigenvalue weighted by Crippen LogP contribution is 2.40. The molecule has 1 aliphatic heterocycles. The molecule has 1 saturated carbocycles. The molecule has 0 unspecified atom stereocenters. The fraction of sp³-hybridized carbons (Fsp3) is 0.750. The smallest absolute Gasteiger partial charge is 0.223 e. The fourth-order valence-corrected chi connectivity index (χ4v) is 3.65. The number of carbonyl (C=O) groups excluding carboxylic acids is 1. The lowest BCUT2D eigenvalue weighted by molar-refractivity contribution is -0.133. The molecule has 0 radical (unpaired) electrons. The van der Waals surface area contributed by atoms with E-state index in [1.54, 1.807) is 10.9 Å². The first kappa shape index (κ1) is 17.3. The van der Waals surface area contributed by atoms with Crippen molar-refractivity contribution in [1.29, 1.82) is 0 Å². The zero-order valence-electron chi connectivity index (χ0n) is 13.9. The Kier molecular flexibility index (Phi) is 4.87. The molecule has 0 aromatic carbocycles. The Labute approximate surface area is 140 Å². The Hall–Kier alpha value is -1.54. The number of hydrogen-bond acceptors (Lipinski definition) is 4. The third kappa shape index (κ3) is 3.75. The van der Waals surface area contributed by atoms with Gasteiger partial charge >= 0.3 is 0 Å². The molecule has 2 heterocycles. The van der Waals surface area contributed by atoms with E-state index in [4.69, 9.17) is 5.73 Å². The molecule has 6 nitrogen and oxygen atoms in total. The molecule has 3 rings (SSSR count). The predicted octanol–water partition coefficient (Wildman–Crippen LogP) is 0.526. The number of nitrogens with zero attached hydrogens (tertiary/aromatic N) is 3. The Bertz CT molecular complexity index is 587.